The third kappa shape index (κ3) is 2.38. The fourth-order valence-electron chi connectivity index (χ4n) is 3.26. The van der Waals surface area contributed by atoms with Crippen LogP contribution in [0.15, 0.2) is 65.1 Å². The molecule has 0 bridgehead atoms. The van der Waals surface area contributed by atoms with Crippen molar-refractivity contribution >= 4 is 49.7 Å². The summed E-state index contributed by atoms with van der Waals surface area (Å²) in [6, 6.07) is 18.0. The number of aromatic carboxylic acids is 2. The average Bonchev–Trinajstić information content (AvgIpc) is 2.96. The quantitative estimate of drug-likeness (QED) is 0.501. The van der Waals surface area contributed by atoms with E-state index in [4.69, 9.17) is 0 Å². The summed E-state index contributed by atoms with van der Waals surface area (Å²) in [5, 5.41) is 21.1. The Morgan fingerprint density at radius 1 is 0.769 bits per heavy atom. The molecule has 5 nitrogen and oxygen atoms in total. The zero-order chi connectivity index (χ0) is 18.4. The van der Waals surface area contributed by atoms with Crippen LogP contribution in [0.2, 0.25) is 0 Å². The van der Waals surface area contributed by atoms with Gasteiger partial charge >= 0.3 is 11.9 Å². The molecule has 128 valence electrons. The zero-order valence-electron chi connectivity index (χ0n) is 13.3. The van der Waals surface area contributed by atoms with Crippen LogP contribution in [0.4, 0.5) is 0 Å². The molecular weight excluding hydrogens is 398 g/mol. The number of aromatic nitrogens is 1. The van der Waals surface area contributed by atoms with Crippen LogP contribution < -0.4 is 0 Å². The van der Waals surface area contributed by atoms with E-state index in [0.29, 0.717) is 5.69 Å². The van der Waals surface area contributed by atoms with Gasteiger partial charge in [-0.25, -0.2) is 9.59 Å². The summed E-state index contributed by atoms with van der Waals surface area (Å²) < 4.78 is 2.03. The van der Waals surface area contributed by atoms with Crippen molar-refractivity contribution in [2.24, 2.45) is 0 Å². The predicted octanol–water partition coefficient (Wildman–Crippen LogP) is 4.94. The average molecular weight is 410 g/mol. The molecule has 4 rings (SSSR count). The first-order chi connectivity index (χ1) is 12.5. The van der Waals surface area contributed by atoms with Crippen LogP contribution in [0.5, 0.6) is 0 Å². The zero-order valence-corrected chi connectivity index (χ0v) is 14.9. The Hall–Kier alpha value is -3.12. The van der Waals surface area contributed by atoms with Crippen molar-refractivity contribution in [2.45, 2.75) is 0 Å². The molecule has 0 fully saturated rings. The molecule has 0 saturated carbocycles. The van der Waals surface area contributed by atoms with Crippen LogP contribution in [-0.4, -0.2) is 26.7 Å². The van der Waals surface area contributed by atoms with Crippen molar-refractivity contribution < 1.29 is 19.8 Å². The van der Waals surface area contributed by atoms with Crippen molar-refractivity contribution in [1.29, 1.82) is 0 Å². The van der Waals surface area contributed by atoms with Crippen LogP contribution in [0.1, 0.15) is 20.7 Å². The van der Waals surface area contributed by atoms with Gasteiger partial charge in [0.25, 0.3) is 0 Å². The molecule has 0 saturated heterocycles. The number of hydrogen-bond donors (Lipinski definition) is 2. The summed E-state index contributed by atoms with van der Waals surface area (Å²) in [6.45, 7) is 0. The largest absolute Gasteiger partial charge is 0.478 e. The van der Waals surface area contributed by atoms with Crippen LogP contribution in [0.3, 0.4) is 0 Å². The summed E-state index contributed by atoms with van der Waals surface area (Å²) in [5.41, 5.74) is 1.97. The fourth-order valence-corrected chi connectivity index (χ4v) is 3.78. The van der Waals surface area contributed by atoms with Crippen LogP contribution in [0.25, 0.3) is 27.5 Å². The second kappa shape index (κ2) is 6.00. The second-order valence-corrected chi connectivity index (χ2v) is 6.68. The van der Waals surface area contributed by atoms with Gasteiger partial charge in [-0.15, -0.1) is 0 Å². The normalized spacial score (nSPS) is 11.1. The molecule has 2 N–H and O–H groups in total. The number of hydrogen-bond acceptors (Lipinski definition) is 2. The number of fused-ring (bicyclic) bond motifs is 3. The molecule has 6 heteroatoms. The Balaban J connectivity index is 2.20. The molecule has 1 aromatic heterocycles. The maximum atomic E-state index is 11.8. The monoisotopic (exact) mass is 409 g/mol. The number of carboxylic acids is 2. The van der Waals surface area contributed by atoms with Crippen molar-refractivity contribution in [3.63, 3.8) is 0 Å². The van der Waals surface area contributed by atoms with E-state index in [2.05, 4.69) is 15.9 Å². The molecule has 0 amide bonds. The molecule has 1 heterocycles. The van der Waals surface area contributed by atoms with Gasteiger partial charge in [-0.1, -0.05) is 36.4 Å². The lowest BCUT2D eigenvalue weighted by atomic mass is 10.1. The van der Waals surface area contributed by atoms with E-state index in [1.807, 2.05) is 48.5 Å². The number of rotatable bonds is 3. The number of benzene rings is 3. The van der Waals surface area contributed by atoms with E-state index in [1.54, 1.807) is 4.57 Å². The van der Waals surface area contributed by atoms with Crippen molar-refractivity contribution in [3.05, 3.63) is 76.3 Å². The molecule has 4 aromatic rings. The number of halogens is 1. The third-order valence-electron chi connectivity index (χ3n) is 4.37. The van der Waals surface area contributed by atoms with Gasteiger partial charge in [0.1, 0.15) is 0 Å². The maximum Gasteiger partial charge on any atom is 0.337 e. The maximum absolute atomic E-state index is 11.8. The van der Waals surface area contributed by atoms with Gasteiger partial charge in [-0.3, -0.25) is 0 Å². The second-order valence-electron chi connectivity index (χ2n) is 5.83. The lowest BCUT2D eigenvalue weighted by Gasteiger charge is -2.13. The molecule has 0 aliphatic rings. The molecule has 0 spiro atoms. The van der Waals surface area contributed by atoms with E-state index in [1.165, 1.54) is 12.1 Å². The number of carbonyl (C=O) groups is 2. The SMILES string of the molecule is O=C(O)c1cc(-n2c3ccccc3c3ccccc32)c(C(=O)O)cc1Br. The highest BCUT2D eigenvalue weighted by atomic mass is 79.9. The Labute approximate surface area is 156 Å². The molecule has 0 radical (unpaired) electrons. The van der Waals surface area contributed by atoms with Crippen LogP contribution in [-0.2, 0) is 0 Å². The molecule has 0 unspecified atom stereocenters. The molecule has 26 heavy (non-hydrogen) atoms. The van der Waals surface area contributed by atoms with Crippen LogP contribution >= 0.6 is 15.9 Å². The van der Waals surface area contributed by atoms with E-state index < -0.39 is 11.9 Å². The Bertz CT molecular complexity index is 1160. The fraction of sp³-hybridized carbons (Fsp3) is 0. The standard InChI is InChI=1S/C20H12BrNO4/c21-15-9-14(20(25)26)18(10-13(15)19(23)24)22-16-7-3-1-5-11(16)12-6-2-4-8-17(12)22/h1-10H,(H,23,24)(H,25,26). The topological polar surface area (TPSA) is 79.5 Å². The Morgan fingerprint density at radius 2 is 1.27 bits per heavy atom. The number of nitrogens with zero attached hydrogens (tertiary/aromatic N) is 1. The highest BCUT2D eigenvalue weighted by molar-refractivity contribution is 9.10. The summed E-state index contributed by atoms with van der Waals surface area (Å²) in [4.78, 5) is 23.4. The first-order valence-corrected chi connectivity index (χ1v) is 8.57. The van der Waals surface area contributed by atoms with Crippen LogP contribution in [0, 0.1) is 0 Å². The molecule has 0 aliphatic heterocycles. The van der Waals surface area contributed by atoms with Crippen molar-refractivity contribution in [2.75, 3.05) is 0 Å². The molecular formula is C20H12BrNO4. The van der Waals surface area contributed by atoms with Gasteiger partial charge in [-0.05, 0) is 40.2 Å². The minimum absolute atomic E-state index is 0.00635. The van der Waals surface area contributed by atoms with Gasteiger partial charge in [0.15, 0.2) is 0 Å². The van der Waals surface area contributed by atoms with E-state index in [9.17, 15) is 19.8 Å². The summed E-state index contributed by atoms with van der Waals surface area (Å²) in [7, 11) is 0. The minimum atomic E-state index is -1.13. The summed E-state index contributed by atoms with van der Waals surface area (Å²) in [6.07, 6.45) is 0. The molecule has 0 aliphatic carbocycles. The van der Waals surface area contributed by atoms with E-state index in [0.717, 1.165) is 21.8 Å². The van der Waals surface area contributed by atoms with Gasteiger partial charge in [0.05, 0.1) is 27.8 Å². The number of carboxylic acid groups (broad SMARTS) is 2. The minimum Gasteiger partial charge on any atom is -0.478 e. The Morgan fingerprint density at radius 3 is 1.77 bits per heavy atom. The first kappa shape index (κ1) is 16.4. The lowest BCUT2D eigenvalue weighted by Crippen LogP contribution is -2.09. The van der Waals surface area contributed by atoms with Gasteiger partial charge in [0, 0.05) is 15.2 Å². The van der Waals surface area contributed by atoms with Gasteiger partial charge in [0.2, 0.25) is 0 Å². The summed E-state index contributed by atoms with van der Waals surface area (Å²) in [5.74, 6) is -2.25. The molecule has 0 atom stereocenters. The van der Waals surface area contributed by atoms with Crippen molar-refractivity contribution in [1.82, 2.24) is 4.57 Å². The highest BCUT2D eigenvalue weighted by Crippen LogP contribution is 2.34. The first-order valence-electron chi connectivity index (χ1n) is 7.77. The summed E-state index contributed by atoms with van der Waals surface area (Å²) >= 11 is 3.16. The van der Waals surface area contributed by atoms with E-state index >= 15 is 0 Å². The molecule has 3 aromatic carbocycles. The van der Waals surface area contributed by atoms with Gasteiger partial charge in [-0.2, -0.15) is 0 Å². The Kier molecular flexibility index (Phi) is 3.77. The lowest BCUT2D eigenvalue weighted by molar-refractivity contribution is 0.0680. The number of para-hydroxylation sites is 2. The third-order valence-corrected chi connectivity index (χ3v) is 5.02. The van der Waals surface area contributed by atoms with Gasteiger partial charge < -0.3 is 14.8 Å². The predicted molar refractivity (Wildman–Crippen MR) is 102 cm³/mol. The van der Waals surface area contributed by atoms with Crippen molar-refractivity contribution in [3.8, 4) is 5.69 Å². The smallest absolute Gasteiger partial charge is 0.337 e. The van der Waals surface area contributed by atoms with E-state index in [-0.39, 0.29) is 15.6 Å². The highest BCUT2D eigenvalue weighted by Gasteiger charge is 2.21.